The van der Waals surface area contributed by atoms with Gasteiger partial charge in [0.2, 0.25) is 5.91 Å². The second-order valence-electron chi connectivity index (χ2n) is 5.82. The summed E-state index contributed by atoms with van der Waals surface area (Å²) >= 11 is 5.95. The molecule has 0 fully saturated rings. The van der Waals surface area contributed by atoms with Crippen LogP contribution in [0.5, 0.6) is 0 Å². The number of amides is 1. The highest BCUT2D eigenvalue weighted by Gasteiger charge is 2.06. The fourth-order valence-electron chi connectivity index (χ4n) is 2.48. The summed E-state index contributed by atoms with van der Waals surface area (Å²) in [4.78, 5) is 16.4. The molecule has 1 amide bonds. The van der Waals surface area contributed by atoms with Crippen molar-refractivity contribution in [1.29, 1.82) is 0 Å². The molecule has 26 heavy (non-hydrogen) atoms. The van der Waals surface area contributed by atoms with Gasteiger partial charge in [-0.3, -0.25) is 4.79 Å². The minimum absolute atomic E-state index is 0.252. The lowest BCUT2D eigenvalue weighted by molar-refractivity contribution is -0.111. The second kappa shape index (κ2) is 7.54. The molecular formula is C20H17ClFN3O. The van der Waals surface area contributed by atoms with Gasteiger partial charge in [0, 0.05) is 23.1 Å². The highest BCUT2D eigenvalue weighted by Crippen LogP contribution is 2.20. The molecule has 1 N–H and O–H groups in total. The zero-order chi connectivity index (χ0) is 18.7. The summed E-state index contributed by atoms with van der Waals surface area (Å²) in [5.74, 6) is -0.723. The van der Waals surface area contributed by atoms with Crippen LogP contribution in [0.4, 0.5) is 10.1 Å². The Morgan fingerprint density at radius 3 is 2.73 bits per heavy atom. The number of aromatic nitrogens is 2. The molecule has 0 spiro atoms. The van der Waals surface area contributed by atoms with Crippen LogP contribution in [-0.4, -0.2) is 15.5 Å². The normalized spacial score (nSPS) is 11.1. The van der Waals surface area contributed by atoms with E-state index in [0.717, 1.165) is 17.1 Å². The van der Waals surface area contributed by atoms with Gasteiger partial charge >= 0.3 is 0 Å². The van der Waals surface area contributed by atoms with E-state index in [1.54, 1.807) is 18.5 Å². The summed E-state index contributed by atoms with van der Waals surface area (Å²) in [5.41, 5.74) is 4.14. The number of hydrogen-bond acceptors (Lipinski definition) is 2. The van der Waals surface area contributed by atoms with E-state index >= 15 is 0 Å². The number of nitrogens with zero attached hydrogens (tertiary/aromatic N) is 2. The van der Waals surface area contributed by atoms with Gasteiger partial charge in [0.25, 0.3) is 0 Å². The third-order valence-corrected chi connectivity index (χ3v) is 4.35. The predicted molar refractivity (Wildman–Crippen MR) is 102 cm³/mol. The number of carbonyl (C=O) groups excluding carboxylic acids is 1. The number of imidazole rings is 1. The molecule has 0 aliphatic rings. The Morgan fingerprint density at radius 2 is 2.04 bits per heavy atom. The molecule has 0 atom stereocenters. The minimum atomic E-state index is -0.418. The maximum absolute atomic E-state index is 13.0. The van der Waals surface area contributed by atoms with E-state index in [1.165, 1.54) is 24.3 Å². The number of benzene rings is 2. The van der Waals surface area contributed by atoms with Gasteiger partial charge in [0.1, 0.15) is 5.82 Å². The van der Waals surface area contributed by atoms with Gasteiger partial charge in [-0.25, -0.2) is 9.37 Å². The zero-order valence-electron chi connectivity index (χ0n) is 14.3. The van der Waals surface area contributed by atoms with Gasteiger partial charge in [-0.1, -0.05) is 23.7 Å². The van der Waals surface area contributed by atoms with Crippen LogP contribution < -0.4 is 5.32 Å². The molecule has 0 saturated carbocycles. The molecule has 0 unspecified atom stereocenters. The van der Waals surface area contributed by atoms with Crippen LogP contribution in [0.25, 0.3) is 11.8 Å². The third-order valence-electron chi connectivity index (χ3n) is 4.02. The van der Waals surface area contributed by atoms with Gasteiger partial charge < -0.3 is 9.88 Å². The number of nitrogens with one attached hydrogen (secondary N) is 1. The van der Waals surface area contributed by atoms with Gasteiger partial charge in [0.15, 0.2) is 0 Å². The first-order chi connectivity index (χ1) is 12.4. The molecule has 1 aromatic heterocycles. The summed E-state index contributed by atoms with van der Waals surface area (Å²) < 4.78 is 15.0. The molecule has 132 valence electrons. The number of aryl methyl sites for hydroxylation is 1. The number of rotatable bonds is 4. The van der Waals surface area contributed by atoms with Gasteiger partial charge in [-0.2, -0.15) is 0 Å². The molecule has 0 saturated heterocycles. The van der Waals surface area contributed by atoms with E-state index in [-0.39, 0.29) is 10.9 Å². The van der Waals surface area contributed by atoms with E-state index in [4.69, 9.17) is 11.6 Å². The van der Waals surface area contributed by atoms with Crippen LogP contribution >= 0.6 is 11.6 Å². The molecule has 6 heteroatoms. The van der Waals surface area contributed by atoms with Crippen LogP contribution in [-0.2, 0) is 4.79 Å². The lowest BCUT2D eigenvalue weighted by Crippen LogP contribution is -2.08. The molecule has 0 bridgehead atoms. The van der Waals surface area contributed by atoms with Crippen molar-refractivity contribution in [3.8, 4) is 5.69 Å². The first-order valence-corrected chi connectivity index (χ1v) is 8.37. The molecule has 4 nitrogen and oxygen atoms in total. The molecule has 1 heterocycles. The summed E-state index contributed by atoms with van der Waals surface area (Å²) in [6, 6.07) is 11.5. The first-order valence-electron chi connectivity index (χ1n) is 7.99. The van der Waals surface area contributed by atoms with Crippen molar-refractivity contribution in [3.63, 3.8) is 0 Å². The molecule has 3 aromatic rings. The van der Waals surface area contributed by atoms with Crippen molar-refractivity contribution in [2.24, 2.45) is 0 Å². The molecule has 0 aliphatic carbocycles. The van der Waals surface area contributed by atoms with Crippen molar-refractivity contribution in [2.45, 2.75) is 13.8 Å². The molecule has 0 aliphatic heterocycles. The standard InChI is InChI=1S/C20H17ClFN3O/c1-13-14(2)25(12-23-13)18-5-3-4-17(11-18)24-20(26)9-7-15-6-8-16(22)10-19(15)21/h3-12H,1-2H3,(H,24,26)/b9-7+. The molecule has 0 radical (unpaired) electrons. The van der Waals surface area contributed by atoms with Crippen molar-refractivity contribution < 1.29 is 9.18 Å². The molecule has 3 rings (SSSR count). The van der Waals surface area contributed by atoms with Crippen LogP contribution in [0.1, 0.15) is 17.0 Å². The van der Waals surface area contributed by atoms with Crippen molar-refractivity contribution >= 4 is 29.3 Å². The van der Waals surface area contributed by atoms with Crippen LogP contribution in [0.3, 0.4) is 0 Å². The Bertz CT molecular complexity index is 994. The summed E-state index contributed by atoms with van der Waals surface area (Å²) in [6.07, 6.45) is 4.66. The SMILES string of the molecule is Cc1ncn(-c2cccc(NC(=O)/C=C/c3ccc(F)cc3Cl)c2)c1C. The lowest BCUT2D eigenvalue weighted by Gasteiger charge is -2.08. The fourth-order valence-corrected chi connectivity index (χ4v) is 2.71. The largest absolute Gasteiger partial charge is 0.322 e. The molecule has 2 aromatic carbocycles. The average molecular weight is 370 g/mol. The Balaban J connectivity index is 1.74. The summed E-state index contributed by atoms with van der Waals surface area (Å²) in [7, 11) is 0. The second-order valence-corrected chi connectivity index (χ2v) is 6.23. The van der Waals surface area contributed by atoms with Crippen LogP contribution in [0.2, 0.25) is 5.02 Å². The Morgan fingerprint density at radius 1 is 1.23 bits per heavy atom. The van der Waals surface area contributed by atoms with E-state index in [1.807, 2.05) is 36.6 Å². The lowest BCUT2D eigenvalue weighted by atomic mass is 10.2. The van der Waals surface area contributed by atoms with Crippen molar-refractivity contribution in [2.75, 3.05) is 5.32 Å². The number of halogens is 2. The quantitative estimate of drug-likeness (QED) is 0.662. The zero-order valence-corrected chi connectivity index (χ0v) is 15.1. The fraction of sp³-hybridized carbons (Fsp3) is 0.100. The Hall–Kier alpha value is -2.92. The topological polar surface area (TPSA) is 46.9 Å². The van der Waals surface area contributed by atoms with Gasteiger partial charge in [-0.05, 0) is 55.8 Å². The Labute approximate surface area is 155 Å². The van der Waals surface area contributed by atoms with Crippen LogP contribution in [0.15, 0.2) is 54.9 Å². The first kappa shape index (κ1) is 17.9. The van der Waals surface area contributed by atoms with Crippen LogP contribution in [0, 0.1) is 19.7 Å². The summed E-state index contributed by atoms with van der Waals surface area (Å²) in [6.45, 7) is 3.94. The maximum Gasteiger partial charge on any atom is 0.248 e. The minimum Gasteiger partial charge on any atom is -0.322 e. The van der Waals surface area contributed by atoms with E-state index in [9.17, 15) is 9.18 Å². The smallest absolute Gasteiger partial charge is 0.248 e. The highest BCUT2D eigenvalue weighted by molar-refractivity contribution is 6.32. The maximum atomic E-state index is 13.0. The molecular weight excluding hydrogens is 353 g/mol. The number of carbonyl (C=O) groups is 1. The third kappa shape index (κ3) is 4.00. The van der Waals surface area contributed by atoms with Crippen molar-refractivity contribution in [1.82, 2.24) is 9.55 Å². The predicted octanol–water partition coefficient (Wildman–Crippen LogP) is 4.93. The monoisotopic (exact) mass is 369 g/mol. The highest BCUT2D eigenvalue weighted by atomic mass is 35.5. The number of anilines is 1. The van der Waals surface area contributed by atoms with E-state index in [0.29, 0.717) is 11.3 Å². The summed E-state index contributed by atoms with van der Waals surface area (Å²) in [5, 5.41) is 3.05. The van der Waals surface area contributed by atoms with Crippen molar-refractivity contribution in [3.05, 3.63) is 82.7 Å². The number of hydrogen-bond donors (Lipinski definition) is 1. The van der Waals surface area contributed by atoms with Gasteiger partial charge in [0.05, 0.1) is 17.0 Å². The average Bonchev–Trinajstić information content (AvgIpc) is 2.93. The van der Waals surface area contributed by atoms with Gasteiger partial charge in [-0.15, -0.1) is 0 Å². The van der Waals surface area contributed by atoms with E-state index < -0.39 is 5.82 Å². The van der Waals surface area contributed by atoms with E-state index in [2.05, 4.69) is 10.3 Å². The Kier molecular flexibility index (Phi) is 5.19.